The second-order valence-electron chi connectivity index (χ2n) is 2.91. The molecule has 5 heteroatoms. The fraction of sp³-hybridized carbons (Fsp3) is 0.333. The van der Waals surface area contributed by atoms with Gasteiger partial charge in [-0.2, -0.15) is 13.2 Å². The van der Waals surface area contributed by atoms with Crippen LogP contribution in [-0.4, -0.2) is 5.11 Å². The first-order chi connectivity index (χ1) is 6.32. The van der Waals surface area contributed by atoms with E-state index in [4.69, 9.17) is 5.11 Å². The zero-order chi connectivity index (χ0) is 10.9. The van der Waals surface area contributed by atoms with Crippen LogP contribution in [0.4, 0.5) is 17.6 Å². The number of hydrogen-bond acceptors (Lipinski definition) is 1. The normalized spacial score (nSPS) is 14.1. The van der Waals surface area contributed by atoms with Crippen LogP contribution in [0, 0.1) is 5.82 Å². The third-order valence-electron chi connectivity index (χ3n) is 1.78. The lowest BCUT2D eigenvalue weighted by atomic mass is 10.1. The molecule has 1 aromatic carbocycles. The standard InChI is InChI=1S/C9H8F4O/c1-5(14)7-3-2-6(4-8(7)10)9(11,12)13/h2-5,14H,1H3/t5-/m0/s1. The molecule has 1 nitrogen and oxygen atoms in total. The molecule has 0 amide bonds. The molecule has 0 aliphatic carbocycles. The number of aliphatic hydroxyl groups excluding tert-OH is 1. The molecule has 0 fully saturated rings. The van der Waals surface area contributed by atoms with Gasteiger partial charge in [-0.1, -0.05) is 6.07 Å². The van der Waals surface area contributed by atoms with Crippen molar-refractivity contribution in [1.82, 2.24) is 0 Å². The highest BCUT2D eigenvalue weighted by atomic mass is 19.4. The molecule has 0 aromatic heterocycles. The highest BCUT2D eigenvalue weighted by Gasteiger charge is 2.31. The van der Waals surface area contributed by atoms with Gasteiger partial charge in [0.25, 0.3) is 0 Å². The second-order valence-corrected chi connectivity index (χ2v) is 2.91. The van der Waals surface area contributed by atoms with Crippen molar-refractivity contribution >= 4 is 0 Å². The molecular formula is C9H8F4O. The van der Waals surface area contributed by atoms with E-state index in [0.29, 0.717) is 6.07 Å². The van der Waals surface area contributed by atoms with Crippen molar-refractivity contribution in [2.24, 2.45) is 0 Å². The van der Waals surface area contributed by atoms with Crippen molar-refractivity contribution in [3.8, 4) is 0 Å². The molecule has 0 saturated carbocycles. The number of halogens is 4. The van der Waals surface area contributed by atoms with Gasteiger partial charge in [-0.3, -0.25) is 0 Å². The van der Waals surface area contributed by atoms with E-state index in [1.54, 1.807) is 0 Å². The average molecular weight is 208 g/mol. The lowest BCUT2D eigenvalue weighted by Gasteiger charge is -2.10. The molecule has 0 bridgehead atoms. The van der Waals surface area contributed by atoms with E-state index in [2.05, 4.69) is 0 Å². The van der Waals surface area contributed by atoms with Gasteiger partial charge in [0, 0.05) is 5.56 Å². The molecule has 0 aliphatic heterocycles. The predicted molar refractivity (Wildman–Crippen MR) is 42.0 cm³/mol. The summed E-state index contributed by atoms with van der Waals surface area (Å²) in [5, 5.41) is 8.98. The van der Waals surface area contributed by atoms with Gasteiger partial charge < -0.3 is 5.11 Å². The summed E-state index contributed by atoms with van der Waals surface area (Å²) in [6, 6.07) is 2.05. The van der Waals surface area contributed by atoms with E-state index in [-0.39, 0.29) is 5.56 Å². The summed E-state index contributed by atoms with van der Waals surface area (Å²) in [6.45, 7) is 1.28. The lowest BCUT2D eigenvalue weighted by molar-refractivity contribution is -0.137. The van der Waals surface area contributed by atoms with Crippen LogP contribution in [-0.2, 0) is 6.18 Å². The second kappa shape index (κ2) is 3.57. The van der Waals surface area contributed by atoms with Crippen molar-refractivity contribution in [2.45, 2.75) is 19.2 Å². The van der Waals surface area contributed by atoms with E-state index in [1.165, 1.54) is 6.92 Å². The molecule has 1 aromatic rings. The maximum Gasteiger partial charge on any atom is 0.416 e. The predicted octanol–water partition coefficient (Wildman–Crippen LogP) is 2.90. The Hall–Kier alpha value is -1.10. The monoisotopic (exact) mass is 208 g/mol. The maximum absolute atomic E-state index is 13.0. The minimum absolute atomic E-state index is 0.141. The Balaban J connectivity index is 3.13. The Morgan fingerprint density at radius 3 is 2.21 bits per heavy atom. The number of aliphatic hydroxyl groups is 1. The van der Waals surface area contributed by atoms with Crippen LogP contribution in [0.1, 0.15) is 24.2 Å². The smallest absolute Gasteiger partial charge is 0.389 e. The summed E-state index contributed by atoms with van der Waals surface area (Å²) >= 11 is 0. The van der Waals surface area contributed by atoms with Crippen LogP contribution >= 0.6 is 0 Å². The zero-order valence-corrected chi connectivity index (χ0v) is 7.27. The third kappa shape index (κ3) is 2.23. The Kier molecular flexibility index (Phi) is 2.80. The summed E-state index contributed by atoms with van der Waals surface area (Å²) in [5.41, 5.74) is -1.20. The van der Waals surface area contributed by atoms with Crippen molar-refractivity contribution in [1.29, 1.82) is 0 Å². The Morgan fingerprint density at radius 1 is 1.29 bits per heavy atom. The van der Waals surface area contributed by atoms with E-state index >= 15 is 0 Å². The molecule has 0 heterocycles. The van der Waals surface area contributed by atoms with E-state index < -0.39 is 23.7 Å². The molecule has 0 saturated heterocycles. The van der Waals surface area contributed by atoms with Gasteiger partial charge in [0.05, 0.1) is 11.7 Å². The van der Waals surface area contributed by atoms with Crippen molar-refractivity contribution in [3.63, 3.8) is 0 Å². The largest absolute Gasteiger partial charge is 0.416 e. The minimum atomic E-state index is -4.56. The highest BCUT2D eigenvalue weighted by molar-refractivity contribution is 5.27. The van der Waals surface area contributed by atoms with Crippen LogP contribution in [0.25, 0.3) is 0 Å². The number of rotatable bonds is 1. The highest BCUT2D eigenvalue weighted by Crippen LogP contribution is 2.31. The van der Waals surface area contributed by atoms with Gasteiger partial charge in [-0.15, -0.1) is 0 Å². The topological polar surface area (TPSA) is 20.2 Å². The van der Waals surface area contributed by atoms with Gasteiger partial charge in [-0.25, -0.2) is 4.39 Å². The molecule has 14 heavy (non-hydrogen) atoms. The van der Waals surface area contributed by atoms with Gasteiger partial charge in [-0.05, 0) is 19.1 Å². The Labute approximate surface area is 78.0 Å². The Morgan fingerprint density at radius 2 is 1.86 bits per heavy atom. The van der Waals surface area contributed by atoms with Gasteiger partial charge in [0.2, 0.25) is 0 Å². The first-order valence-electron chi connectivity index (χ1n) is 3.87. The molecule has 1 rings (SSSR count). The fourth-order valence-electron chi connectivity index (χ4n) is 1.04. The van der Waals surface area contributed by atoms with E-state index in [1.807, 2.05) is 0 Å². The first kappa shape index (κ1) is 11.0. The van der Waals surface area contributed by atoms with Gasteiger partial charge in [0.1, 0.15) is 5.82 Å². The SMILES string of the molecule is C[C@H](O)c1ccc(C(F)(F)F)cc1F. The van der Waals surface area contributed by atoms with Crippen molar-refractivity contribution in [2.75, 3.05) is 0 Å². The molecule has 1 atom stereocenters. The summed E-state index contributed by atoms with van der Waals surface area (Å²) < 4.78 is 49.2. The minimum Gasteiger partial charge on any atom is -0.389 e. The van der Waals surface area contributed by atoms with Crippen molar-refractivity contribution < 1.29 is 22.7 Å². The van der Waals surface area contributed by atoms with E-state index in [0.717, 1.165) is 12.1 Å². The number of alkyl halides is 3. The zero-order valence-electron chi connectivity index (χ0n) is 7.27. The van der Waals surface area contributed by atoms with Crippen LogP contribution in [0.3, 0.4) is 0 Å². The van der Waals surface area contributed by atoms with Crippen LogP contribution in [0.5, 0.6) is 0 Å². The van der Waals surface area contributed by atoms with Crippen LogP contribution in [0.15, 0.2) is 18.2 Å². The molecule has 0 spiro atoms. The van der Waals surface area contributed by atoms with Crippen LogP contribution < -0.4 is 0 Å². The van der Waals surface area contributed by atoms with Gasteiger partial charge in [0.15, 0.2) is 0 Å². The first-order valence-corrected chi connectivity index (χ1v) is 3.87. The fourth-order valence-corrected chi connectivity index (χ4v) is 1.04. The van der Waals surface area contributed by atoms with E-state index in [9.17, 15) is 17.6 Å². The van der Waals surface area contributed by atoms with Crippen LogP contribution in [0.2, 0.25) is 0 Å². The molecule has 78 valence electrons. The molecule has 0 unspecified atom stereocenters. The van der Waals surface area contributed by atoms with Crippen molar-refractivity contribution in [3.05, 3.63) is 35.1 Å². The summed E-state index contributed by atoms with van der Waals surface area (Å²) in [6.07, 6.45) is -5.67. The lowest BCUT2D eigenvalue weighted by Crippen LogP contribution is -2.07. The number of hydrogen-bond donors (Lipinski definition) is 1. The summed E-state index contributed by atoms with van der Waals surface area (Å²) in [4.78, 5) is 0. The Bertz CT molecular complexity index is 330. The maximum atomic E-state index is 13.0. The molecule has 1 N–H and O–H groups in total. The quantitative estimate of drug-likeness (QED) is 0.703. The third-order valence-corrected chi connectivity index (χ3v) is 1.78. The average Bonchev–Trinajstić information content (AvgIpc) is 2.01. The van der Waals surface area contributed by atoms with Gasteiger partial charge >= 0.3 is 6.18 Å². The molecule has 0 aliphatic rings. The molecule has 0 radical (unpaired) electrons. The number of benzene rings is 1. The summed E-state index contributed by atoms with van der Waals surface area (Å²) in [5.74, 6) is -1.05. The molecular weight excluding hydrogens is 200 g/mol. The summed E-state index contributed by atoms with van der Waals surface area (Å²) in [7, 11) is 0.